The van der Waals surface area contributed by atoms with E-state index in [0.29, 0.717) is 10.7 Å². The fraction of sp³-hybridized carbons (Fsp3) is 0.579. The van der Waals surface area contributed by atoms with Crippen LogP contribution in [0.1, 0.15) is 55.5 Å². The Morgan fingerprint density at radius 1 is 1.15 bits per heavy atom. The predicted octanol–water partition coefficient (Wildman–Crippen LogP) is 2.96. The molecular weight excluding hydrogens is 348 g/mol. The molecule has 26 heavy (non-hydrogen) atoms. The zero-order valence-corrected chi connectivity index (χ0v) is 17.3. The number of hydrogen-bond acceptors (Lipinski definition) is 4. The monoisotopic (exact) mass is 376 g/mol. The topological polar surface area (TPSA) is 68.1 Å². The predicted molar refractivity (Wildman–Crippen MR) is 102 cm³/mol. The largest absolute Gasteiger partial charge is 0.314 e. The molecule has 2 heterocycles. The van der Waals surface area contributed by atoms with E-state index in [-0.39, 0.29) is 12.0 Å². The van der Waals surface area contributed by atoms with Crippen molar-refractivity contribution in [3.63, 3.8) is 0 Å². The molecule has 0 saturated heterocycles. The van der Waals surface area contributed by atoms with Crippen molar-refractivity contribution in [3.8, 4) is 0 Å². The van der Waals surface area contributed by atoms with Crippen molar-refractivity contribution in [1.29, 1.82) is 0 Å². The van der Waals surface area contributed by atoms with Crippen molar-refractivity contribution in [2.24, 2.45) is 0 Å². The molecule has 0 aliphatic carbocycles. The van der Waals surface area contributed by atoms with Crippen molar-refractivity contribution in [3.05, 3.63) is 40.5 Å². The fourth-order valence-electron chi connectivity index (χ4n) is 3.56. The highest BCUT2D eigenvalue weighted by Gasteiger charge is 2.29. The normalized spacial score (nSPS) is 14.9. The summed E-state index contributed by atoms with van der Waals surface area (Å²) in [5, 5.41) is 8.35. The quantitative estimate of drug-likeness (QED) is 0.823. The Bertz CT molecular complexity index is 916. The van der Waals surface area contributed by atoms with Crippen LogP contribution in [0.15, 0.2) is 17.0 Å². The first-order valence-corrected chi connectivity index (χ1v) is 10.4. The summed E-state index contributed by atoms with van der Waals surface area (Å²) in [6, 6.07) is 3.98. The second-order valence-corrected chi connectivity index (χ2v) is 10.2. The van der Waals surface area contributed by atoms with Gasteiger partial charge in [-0.05, 0) is 42.4 Å². The highest BCUT2D eigenvalue weighted by atomic mass is 32.2. The van der Waals surface area contributed by atoms with Gasteiger partial charge in [-0.15, -0.1) is 10.2 Å². The van der Waals surface area contributed by atoms with E-state index in [1.165, 1.54) is 4.31 Å². The van der Waals surface area contributed by atoms with E-state index in [2.05, 4.69) is 31.0 Å². The zero-order chi connectivity index (χ0) is 19.3. The molecule has 0 bridgehead atoms. The summed E-state index contributed by atoms with van der Waals surface area (Å²) in [6.07, 6.45) is 1.96. The first-order valence-electron chi connectivity index (χ1n) is 9.01. The van der Waals surface area contributed by atoms with Crippen molar-refractivity contribution < 1.29 is 8.42 Å². The van der Waals surface area contributed by atoms with E-state index in [4.69, 9.17) is 0 Å². The van der Waals surface area contributed by atoms with Gasteiger partial charge in [-0.2, -0.15) is 4.31 Å². The minimum Gasteiger partial charge on any atom is -0.314 e. The van der Waals surface area contributed by atoms with Gasteiger partial charge in [-0.25, -0.2) is 8.42 Å². The summed E-state index contributed by atoms with van der Waals surface area (Å²) in [5.41, 5.74) is 2.69. The van der Waals surface area contributed by atoms with Crippen LogP contribution < -0.4 is 0 Å². The van der Waals surface area contributed by atoms with Gasteiger partial charge < -0.3 is 4.57 Å². The van der Waals surface area contributed by atoms with Gasteiger partial charge in [-0.3, -0.25) is 0 Å². The van der Waals surface area contributed by atoms with Crippen LogP contribution in [0.5, 0.6) is 0 Å². The Balaban J connectivity index is 1.94. The molecule has 1 aliphatic rings. The molecule has 0 fully saturated rings. The summed E-state index contributed by atoms with van der Waals surface area (Å²) in [7, 11) is -1.99. The average molecular weight is 377 g/mol. The van der Waals surface area contributed by atoms with Crippen molar-refractivity contribution in [2.75, 3.05) is 7.05 Å². The van der Waals surface area contributed by atoms with Gasteiger partial charge in [-0.1, -0.05) is 32.9 Å². The van der Waals surface area contributed by atoms with E-state index >= 15 is 0 Å². The summed E-state index contributed by atoms with van der Waals surface area (Å²) in [5.74, 6) is 1.66. The molecular formula is C19H28N4O2S. The highest BCUT2D eigenvalue weighted by molar-refractivity contribution is 7.89. The molecule has 0 amide bonds. The number of sulfonamides is 1. The molecule has 2 aromatic rings. The molecule has 0 saturated carbocycles. The Labute approximate surface area is 156 Å². The maximum absolute atomic E-state index is 13.2. The van der Waals surface area contributed by atoms with Gasteiger partial charge in [0.15, 0.2) is 0 Å². The molecule has 7 heteroatoms. The molecule has 6 nitrogen and oxygen atoms in total. The molecule has 1 aromatic heterocycles. The molecule has 0 spiro atoms. The van der Waals surface area contributed by atoms with Crippen LogP contribution in [0.4, 0.5) is 0 Å². The molecule has 142 valence electrons. The minimum absolute atomic E-state index is 0.0220. The summed E-state index contributed by atoms with van der Waals surface area (Å²) < 4.78 is 29.9. The lowest BCUT2D eigenvalue weighted by molar-refractivity contribution is 0.446. The number of rotatable bonds is 4. The standard InChI is InChI=1S/C19H28N4O2S/c1-13-10-15(19(3,4)5)11-14(2)18(13)26(24,25)22(6)12-17-21-20-16-8-7-9-23(16)17/h10-11H,7-9,12H2,1-6H3. The molecule has 0 radical (unpaired) electrons. The Morgan fingerprint density at radius 2 is 1.77 bits per heavy atom. The maximum atomic E-state index is 13.2. The smallest absolute Gasteiger partial charge is 0.243 e. The number of fused-ring (bicyclic) bond motifs is 1. The van der Waals surface area contributed by atoms with Gasteiger partial charge in [0.2, 0.25) is 10.0 Å². The Hall–Kier alpha value is -1.73. The van der Waals surface area contributed by atoms with E-state index in [9.17, 15) is 8.42 Å². The first kappa shape index (κ1) is 19.0. The van der Waals surface area contributed by atoms with E-state index in [0.717, 1.165) is 41.9 Å². The van der Waals surface area contributed by atoms with Gasteiger partial charge >= 0.3 is 0 Å². The second kappa shape index (κ2) is 6.46. The fourth-order valence-corrected chi connectivity index (χ4v) is 5.09. The molecule has 1 aromatic carbocycles. The summed E-state index contributed by atoms with van der Waals surface area (Å²) in [6.45, 7) is 11.2. The van der Waals surface area contributed by atoms with Crippen LogP contribution in [-0.2, 0) is 34.9 Å². The van der Waals surface area contributed by atoms with Crippen LogP contribution >= 0.6 is 0 Å². The number of aryl methyl sites for hydroxylation is 3. The third-order valence-corrected chi connectivity index (χ3v) is 7.15. The average Bonchev–Trinajstić information content (AvgIpc) is 3.10. The Kier molecular flexibility index (Phi) is 4.73. The van der Waals surface area contributed by atoms with E-state index < -0.39 is 10.0 Å². The first-order chi connectivity index (χ1) is 12.0. The van der Waals surface area contributed by atoms with Crippen molar-refractivity contribution in [2.45, 2.75) is 70.9 Å². The lowest BCUT2D eigenvalue weighted by atomic mass is 9.85. The number of aromatic nitrogens is 3. The van der Waals surface area contributed by atoms with Gasteiger partial charge in [0.05, 0.1) is 11.4 Å². The maximum Gasteiger partial charge on any atom is 0.243 e. The van der Waals surface area contributed by atoms with Gasteiger partial charge in [0.1, 0.15) is 11.6 Å². The SMILES string of the molecule is Cc1cc(C(C)(C)C)cc(C)c1S(=O)(=O)N(C)Cc1nnc2n1CCC2. The molecule has 1 aliphatic heterocycles. The third kappa shape index (κ3) is 3.30. The van der Waals surface area contributed by atoms with E-state index in [1.54, 1.807) is 7.05 Å². The van der Waals surface area contributed by atoms with Crippen LogP contribution in [0.3, 0.4) is 0 Å². The van der Waals surface area contributed by atoms with Gasteiger partial charge in [0, 0.05) is 20.0 Å². The zero-order valence-electron chi connectivity index (χ0n) is 16.5. The third-order valence-electron chi connectivity index (χ3n) is 5.04. The lowest BCUT2D eigenvalue weighted by Crippen LogP contribution is -2.29. The van der Waals surface area contributed by atoms with Crippen LogP contribution in [0.25, 0.3) is 0 Å². The summed E-state index contributed by atoms with van der Waals surface area (Å²) >= 11 is 0. The highest BCUT2D eigenvalue weighted by Crippen LogP contribution is 2.31. The Morgan fingerprint density at radius 3 is 2.35 bits per heavy atom. The number of benzene rings is 1. The minimum atomic E-state index is -3.60. The van der Waals surface area contributed by atoms with Crippen LogP contribution in [0, 0.1) is 13.8 Å². The van der Waals surface area contributed by atoms with Gasteiger partial charge in [0.25, 0.3) is 0 Å². The van der Waals surface area contributed by atoms with Crippen molar-refractivity contribution >= 4 is 10.0 Å². The lowest BCUT2D eigenvalue weighted by Gasteiger charge is -2.24. The molecule has 0 atom stereocenters. The molecule has 0 unspecified atom stereocenters. The van der Waals surface area contributed by atoms with Crippen LogP contribution in [-0.4, -0.2) is 34.5 Å². The van der Waals surface area contributed by atoms with Crippen LogP contribution in [0.2, 0.25) is 0 Å². The number of nitrogens with zero attached hydrogens (tertiary/aromatic N) is 4. The van der Waals surface area contributed by atoms with E-state index in [1.807, 2.05) is 30.5 Å². The number of hydrogen-bond donors (Lipinski definition) is 0. The summed E-state index contributed by atoms with van der Waals surface area (Å²) in [4.78, 5) is 0.397. The second-order valence-electron chi connectivity index (χ2n) is 8.24. The van der Waals surface area contributed by atoms with Crippen molar-refractivity contribution in [1.82, 2.24) is 19.1 Å². The molecule has 3 rings (SSSR count). The molecule has 0 N–H and O–H groups in total.